The molecule has 3 heterocycles. The van der Waals surface area contributed by atoms with Crippen LogP contribution in [-0.2, 0) is 10.0 Å². The number of amides is 1. The van der Waals surface area contributed by atoms with E-state index in [0.29, 0.717) is 50.3 Å². The van der Waals surface area contributed by atoms with Crippen LogP contribution in [0.3, 0.4) is 0 Å². The molecule has 15 heteroatoms. The van der Waals surface area contributed by atoms with Gasteiger partial charge in [0.05, 0.1) is 12.0 Å². The van der Waals surface area contributed by atoms with E-state index < -0.39 is 31.4 Å². The minimum absolute atomic E-state index is 0.0373. The minimum atomic E-state index is -4.73. The predicted molar refractivity (Wildman–Crippen MR) is 248 cm³/mol. The van der Waals surface area contributed by atoms with E-state index in [1.54, 1.807) is 48.5 Å². The first kappa shape index (κ1) is 43.7. The molecule has 3 N–H and O–H groups in total. The summed E-state index contributed by atoms with van der Waals surface area (Å²) in [5.74, 6) is 0.301. The lowest BCUT2D eigenvalue weighted by Gasteiger charge is -2.39. The highest BCUT2D eigenvalue weighted by molar-refractivity contribution is 7.90. The fourth-order valence-corrected chi connectivity index (χ4v) is 10.4. The summed E-state index contributed by atoms with van der Waals surface area (Å²) in [5, 5.41) is 17.6. The Labute approximate surface area is 369 Å². The molecule has 332 valence electrons. The zero-order chi connectivity index (χ0) is 44.1. The number of nitrogens with zero attached hydrogens (tertiary/aromatic N) is 4. The number of carbonyl (C=O) groups is 1. The highest BCUT2D eigenvalue weighted by Gasteiger charge is 2.39. The van der Waals surface area contributed by atoms with E-state index in [0.717, 1.165) is 69.5 Å². The number of fused-ring (bicyclic) bond motifs is 1. The Kier molecular flexibility index (Phi) is 13.1. The molecular weight excluding hydrogens is 819 g/mol. The third kappa shape index (κ3) is 10.0. The Balaban J connectivity index is 1.17. The van der Waals surface area contributed by atoms with Crippen LogP contribution < -0.4 is 24.4 Å². The first-order chi connectivity index (χ1) is 30.4. The van der Waals surface area contributed by atoms with Gasteiger partial charge >= 0.3 is 5.69 Å². The average Bonchev–Trinajstić information content (AvgIpc) is 4.00. The number of aromatic nitrogens is 1. The van der Waals surface area contributed by atoms with E-state index in [-0.39, 0.29) is 28.1 Å². The van der Waals surface area contributed by atoms with Gasteiger partial charge in [-0.25, -0.2) is 13.1 Å². The van der Waals surface area contributed by atoms with E-state index in [1.807, 2.05) is 24.3 Å². The number of anilines is 2. The lowest BCUT2D eigenvalue weighted by molar-refractivity contribution is -0.383. The van der Waals surface area contributed by atoms with Gasteiger partial charge in [-0.2, -0.15) is 0 Å². The standard InChI is InChI=1S/C48H57N7O7S/c1-48(2)21-19-36(39(32-48)34-15-17-37(61-3)18-16-34)33-53-27-29-54(30-28-53)45-43(63(59,60)51-47(56)35-11-5-4-6-12-35)31-42(62-41-14-9-13-40-38(41)20-23-49-40)44(46(45)55(57)58)50-22-10-26-52-24-7-8-25-52/h4-6,9,11-18,20,23,31,49-50H,7-8,10,19,21-22,24-30,32-33H2,1-3H3,(H,51,56). The molecule has 8 rings (SSSR count). The summed E-state index contributed by atoms with van der Waals surface area (Å²) in [5.41, 5.74) is 4.52. The lowest BCUT2D eigenvalue weighted by atomic mass is 9.72. The molecule has 4 aromatic carbocycles. The summed E-state index contributed by atoms with van der Waals surface area (Å²) in [6.07, 6.45) is 7.72. The van der Waals surface area contributed by atoms with Crippen LogP contribution in [0.4, 0.5) is 17.1 Å². The average molecular weight is 876 g/mol. The van der Waals surface area contributed by atoms with E-state index in [1.165, 1.54) is 34.9 Å². The van der Waals surface area contributed by atoms with E-state index >= 15 is 0 Å². The van der Waals surface area contributed by atoms with Crippen molar-refractivity contribution < 1.29 is 27.6 Å². The van der Waals surface area contributed by atoms with E-state index in [4.69, 9.17) is 9.47 Å². The van der Waals surface area contributed by atoms with Crippen LogP contribution in [-0.4, -0.2) is 100 Å². The van der Waals surface area contributed by atoms with Crippen molar-refractivity contribution in [1.29, 1.82) is 0 Å². The van der Waals surface area contributed by atoms with Crippen molar-refractivity contribution in [3.63, 3.8) is 0 Å². The maximum atomic E-state index is 14.6. The number of hydrogen-bond donors (Lipinski definition) is 3. The van der Waals surface area contributed by atoms with Crippen molar-refractivity contribution in [1.82, 2.24) is 19.5 Å². The molecule has 0 unspecified atom stereocenters. The summed E-state index contributed by atoms with van der Waals surface area (Å²) in [7, 11) is -3.06. The molecule has 0 atom stereocenters. The Morgan fingerprint density at radius 1 is 0.905 bits per heavy atom. The fraction of sp³-hybridized carbons (Fsp3) is 0.396. The first-order valence-electron chi connectivity index (χ1n) is 21.9. The number of allylic oxidation sites excluding steroid dienone is 1. The molecule has 0 spiro atoms. The maximum absolute atomic E-state index is 14.6. The fourth-order valence-electron chi connectivity index (χ4n) is 9.17. The van der Waals surface area contributed by atoms with Gasteiger partial charge in [-0.1, -0.05) is 55.8 Å². The van der Waals surface area contributed by atoms with Crippen molar-refractivity contribution >= 4 is 49.5 Å². The Bertz CT molecular complexity index is 2580. The van der Waals surface area contributed by atoms with Gasteiger partial charge in [0, 0.05) is 68.0 Å². The Morgan fingerprint density at radius 2 is 1.65 bits per heavy atom. The van der Waals surface area contributed by atoms with Crippen molar-refractivity contribution in [2.45, 2.75) is 57.3 Å². The second kappa shape index (κ2) is 18.8. The largest absolute Gasteiger partial charge is 0.497 e. The number of nitrogens with one attached hydrogen (secondary N) is 3. The number of nitro groups is 1. The van der Waals surface area contributed by atoms with Crippen LogP contribution in [0.2, 0.25) is 0 Å². The molecule has 0 saturated carbocycles. The quantitative estimate of drug-likeness (QED) is 0.0494. The molecule has 1 aromatic heterocycles. The van der Waals surface area contributed by atoms with Crippen LogP contribution in [0.1, 0.15) is 68.3 Å². The molecule has 63 heavy (non-hydrogen) atoms. The third-order valence-corrected chi connectivity index (χ3v) is 13.9. The Morgan fingerprint density at radius 3 is 2.37 bits per heavy atom. The topological polar surface area (TPSA) is 162 Å². The smallest absolute Gasteiger partial charge is 0.320 e. The lowest BCUT2D eigenvalue weighted by Crippen LogP contribution is -2.48. The number of piperazine rings is 1. The molecule has 1 aliphatic carbocycles. The van der Waals surface area contributed by atoms with Crippen LogP contribution in [0.25, 0.3) is 16.5 Å². The number of likely N-dealkylation sites (tertiary alicyclic amines) is 1. The van der Waals surface area contributed by atoms with Crippen LogP contribution >= 0.6 is 0 Å². The van der Waals surface area contributed by atoms with E-state index in [9.17, 15) is 23.3 Å². The van der Waals surface area contributed by atoms with Crippen molar-refractivity contribution in [3.8, 4) is 17.2 Å². The molecule has 0 radical (unpaired) electrons. The zero-order valence-corrected chi connectivity index (χ0v) is 37.1. The van der Waals surface area contributed by atoms with Crippen molar-refractivity contribution in [2.75, 3.05) is 76.2 Å². The number of aromatic amines is 1. The molecular formula is C48H57N7O7S. The molecule has 5 aromatic rings. The SMILES string of the molecule is COc1ccc(C2=C(CN3CCN(c4c(S(=O)(=O)NC(=O)c5ccccc5)cc(Oc5cccc6[nH]ccc56)c(NCCCN5CCCC5)c4[N+](=O)[O-])CC3)CCC(C)(C)C2)cc1. The molecule has 0 bridgehead atoms. The van der Waals surface area contributed by atoms with Gasteiger partial charge in [-0.3, -0.25) is 19.8 Å². The molecule has 2 aliphatic heterocycles. The number of hydrogen-bond acceptors (Lipinski definition) is 11. The molecule has 3 aliphatic rings. The molecule has 1 amide bonds. The minimum Gasteiger partial charge on any atom is -0.497 e. The number of H-pyrrole nitrogens is 1. The molecule has 14 nitrogen and oxygen atoms in total. The highest BCUT2D eigenvalue weighted by atomic mass is 32.2. The van der Waals surface area contributed by atoms with Crippen LogP contribution in [0.15, 0.2) is 102 Å². The van der Waals surface area contributed by atoms with E-state index in [2.05, 4.69) is 50.8 Å². The summed E-state index contributed by atoms with van der Waals surface area (Å²) < 4.78 is 43.5. The third-order valence-electron chi connectivity index (χ3n) is 12.6. The van der Waals surface area contributed by atoms with Gasteiger partial charge in [0.2, 0.25) is 0 Å². The monoisotopic (exact) mass is 875 g/mol. The van der Waals surface area contributed by atoms with Crippen LogP contribution in [0.5, 0.6) is 17.2 Å². The summed E-state index contributed by atoms with van der Waals surface area (Å²) in [4.78, 5) is 35.8. The zero-order valence-electron chi connectivity index (χ0n) is 36.3. The van der Waals surface area contributed by atoms with Gasteiger partial charge in [0.15, 0.2) is 11.4 Å². The first-order valence-corrected chi connectivity index (χ1v) is 23.4. The number of benzene rings is 4. The number of sulfonamides is 1. The maximum Gasteiger partial charge on any atom is 0.320 e. The second-order valence-electron chi connectivity index (χ2n) is 17.5. The predicted octanol–water partition coefficient (Wildman–Crippen LogP) is 8.68. The highest BCUT2D eigenvalue weighted by Crippen LogP contribution is 2.49. The van der Waals surface area contributed by atoms with Crippen molar-refractivity contribution in [2.24, 2.45) is 5.41 Å². The normalized spacial score (nSPS) is 17.2. The summed E-state index contributed by atoms with van der Waals surface area (Å²) in [6.45, 7) is 10.3. The molecule has 2 fully saturated rings. The summed E-state index contributed by atoms with van der Waals surface area (Å²) in [6, 6.07) is 24.8. The second-order valence-corrected chi connectivity index (χ2v) is 19.2. The number of ether oxygens (including phenoxy) is 2. The Hall–Kier alpha value is -5.90. The van der Waals surface area contributed by atoms with Gasteiger partial charge in [0.25, 0.3) is 15.9 Å². The van der Waals surface area contributed by atoms with Gasteiger partial charge in [0.1, 0.15) is 22.1 Å². The number of rotatable bonds is 16. The van der Waals surface area contributed by atoms with Crippen LogP contribution in [0, 0.1) is 15.5 Å². The number of carbonyl (C=O) groups excluding carboxylic acids is 1. The summed E-state index contributed by atoms with van der Waals surface area (Å²) >= 11 is 0. The molecule has 2 saturated heterocycles. The van der Waals surface area contributed by atoms with Gasteiger partial charge in [-0.05, 0) is 117 Å². The number of nitro benzene ring substituents is 1. The van der Waals surface area contributed by atoms with Crippen molar-refractivity contribution in [3.05, 3.63) is 118 Å². The van der Waals surface area contributed by atoms with Gasteiger partial charge < -0.3 is 29.6 Å². The van der Waals surface area contributed by atoms with Gasteiger partial charge in [-0.15, -0.1) is 0 Å². The number of methoxy groups -OCH3 is 1.